The molecule has 2 fully saturated rings. The summed E-state index contributed by atoms with van der Waals surface area (Å²) in [5.74, 6) is 0.427. The summed E-state index contributed by atoms with van der Waals surface area (Å²) in [6.07, 6.45) is 4.85. The van der Waals surface area contributed by atoms with E-state index in [1.165, 1.54) is 5.56 Å². The molecule has 0 aromatic heterocycles. The molecule has 1 saturated carbocycles. The monoisotopic (exact) mass is 331 g/mol. The molecule has 1 amide bonds. The number of hydrogen-bond donors (Lipinski definition) is 2. The third kappa shape index (κ3) is 5.03. The van der Waals surface area contributed by atoms with Crippen molar-refractivity contribution in [2.75, 3.05) is 38.2 Å². The van der Waals surface area contributed by atoms with Gasteiger partial charge < -0.3 is 15.8 Å². The molecule has 5 nitrogen and oxygen atoms in total. The molecule has 1 saturated heterocycles. The Labute approximate surface area is 144 Å². The average Bonchev–Trinajstić information content (AvgIpc) is 3.00. The molecule has 3 rings (SSSR count). The van der Waals surface area contributed by atoms with Crippen molar-refractivity contribution in [3.05, 3.63) is 29.8 Å². The summed E-state index contributed by atoms with van der Waals surface area (Å²) in [5, 5.41) is 3.00. The molecule has 0 unspecified atom stereocenters. The van der Waals surface area contributed by atoms with Crippen molar-refractivity contribution in [3.63, 3.8) is 0 Å². The molecule has 1 heterocycles. The van der Waals surface area contributed by atoms with Crippen LogP contribution in [-0.4, -0.2) is 49.7 Å². The lowest BCUT2D eigenvalue weighted by Crippen LogP contribution is -2.37. The van der Waals surface area contributed by atoms with Gasteiger partial charge in [-0.25, -0.2) is 0 Å². The van der Waals surface area contributed by atoms with Crippen molar-refractivity contribution >= 4 is 11.6 Å². The van der Waals surface area contributed by atoms with Gasteiger partial charge >= 0.3 is 0 Å². The number of nitrogens with zero attached hydrogens (tertiary/aromatic N) is 1. The van der Waals surface area contributed by atoms with Gasteiger partial charge in [-0.2, -0.15) is 0 Å². The summed E-state index contributed by atoms with van der Waals surface area (Å²) in [4.78, 5) is 14.6. The highest BCUT2D eigenvalue weighted by Gasteiger charge is 2.25. The van der Waals surface area contributed by atoms with Gasteiger partial charge in [0.2, 0.25) is 5.91 Å². The van der Waals surface area contributed by atoms with E-state index < -0.39 is 0 Å². The molecule has 3 N–H and O–H groups in total. The standard InChI is InChI=1S/C19H29N3O2/c20-18-3-1-2-16(18)14-19(23)21-17-6-4-15(5-7-17)8-9-22-10-12-24-13-11-22/h4-7,16,18H,1-3,8-14,20H2,(H,21,23)/t16-,18+/m0/s1. The minimum Gasteiger partial charge on any atom is -0.379 e. The van der Waals surface area contributed by atoms with E-state index in [1.807, 2.05) is 12.1 Å². The zero-order chi connectivity index (χ0) is 16.8. The maximum atomic E-state index is 12.1. The van der Waals surface area contributed by atoms with Crippen molar-refractivity contribution in [1.29, 1.82) is 0 Å². The molecule has 5 heteroatoms. The maximum absolute atomic E-state index is 12.1. The van der Waals surface area contributed by atoms with Crippen LogP contribution in [0.1, 0.15) is 31.2 Å². The largest absolute Gasteiger partial charge is 0.379 e. The number of ether oxygens (including phenoxy) is 1. The van der Waals surface area contributed by atoms with Crippen LogP contribution in [0.25, 0.3) is 0 Å². The Balaban J connectivity index is 1.42. The van der Waals surface area contributed by atoms with Gasteiger partial charge in [-0.05, 0) is 42.9 Å². The van der Waals surface area contributed by atoms with Crippen LogP contribution >= 0.6 is 0 Å². The fraction of sp³-hybridized carbons (Fsp3) is 0.632. The van der Waals surface area contributed by atoms with Crippen LogP contribution < -0.4 is 11.1 Å². The van der Waals surface area contributed by atoms with Gasteiger partial charge in [-0.3, -0.25) is 9.69 Å². The summed E-state index contributed by atoms with van der Waals surface area (Å²) < 4.78 is 5.37. The molecule has 0 spiro atoms. The lowest BCUT2D eigenvalue weighted by Gasteiger charge is -2.26. The number of nitrogens with two attached hydrogens (primary N) is 1. The SMILES string of the molecule is N[C@@H]1CCC[C@H]1CC(=O)Nc1ccc(CCN2CCOCC2)cc1. The van der Waals surface area contributed by atoms with Gasteiger partial charge in [0.05, 0.1) is 13.2 Å². The Morgan fingerprint density at radius 3 is 2.62 bits per heavy atom. The van der Waals surface area contributed by atoms with E-state index in [-0.39, 0.29) is 11.9 Å². The highest BCUT2D eigenvalue weighted by molar-refractivity contribution is 5.90. The Bertz CT molecular complexity index is 526. The first-order valence-corrected chi connectivity index (χ1v) is 9.15. The molecule has 0 radical (unpaired) electrons. The van der Waals surface area contributed by atoms with E-state index in [2.05, 4.69) is 22.3 Å². The van der Waals surface area contributed by atoms with Gasteiger partial charge in [-0.1, -0.05) is 18.6 Å². The Morgan fingerprint density at radius 1 is 1.21 bits per heavy atom. The number of carbonyl (C=O) groups is 1. The van der Waals surface area contributed by atoms with Crippen molar-refractivity contribution in [3.8, 4) is 0 Å². The third-order valence-electron chi connectivity index (χ3n) is 5.22. The second-order valence-electron chi connectivity index (χ2n) is 7.01. The molecule has 1 aromatic carbocycles. The Morgan fingerprint density at radius 2 is 1.96 bits per heavy atom. The summed E-state index contributed by atoms with van der Waals surface area (Å²) in [6.45, 7) is 4.80. The van der Waals surface area contributed by atoms with Crippen LogP contribution in [0.3, 0.4) is 0 Å². The zero-order valence-electron chi connectivity index (χ0n) is 14.4. The zero-order valence-corrected chi connectivity index (χ0v) is 14.4. The third-order valence-corrected chi connectivity index (χ3v) is 5.22. The molecule has 2 atom stereocenters. The molecule has 1 aliphatic heterocycles. The molecular weight excluding hydrogens is 302 g/mol. The van der Waals surface area contributed by atoms with Crippen LogP contribution in [0.15, 0.2) is 24.3 Å². The molecule has 132 valence electrons. The van der Waals surface area contributed by atoms with Crippen LogP contribution in [0, 0.1) is 5.92 Å². The van der Waals surface area contributed by atoms with E-state index in [4.69, 9.17) is 10.5 Å². The maximum Gasteiger partial charge on any atom is 0.224 e. The lowest BCUT2D eigenvalue weighted by atomic mass is 10.00. The van der Waals surface area contributed by atoms with E-state index >= 15 is 0 Å². The van der Waals surface area contributed by atoms with E-state index in [9.17, 15) is 4.79 Å². The van der Waals surface area contributed by atoms with Gasteiger partial charge in [0.1, 0.15) is 0 Å². The highest BCUT2D eigenvalue weighted by atomic mass is 16.5. The van der Waals surface area contributed by atoms with E-state index in [1.54, 1.807) is 0 Å². The summed E-state index contributed by atoms with van der Waals surface area (Å²) in [7, 11) is 0. The van der Waals surface area contributed by atoms with Gasteiger partial charge in [0, 0.05) is 37.8 Å². The summed E-state index contributed by atoms with van der Waals surface area (Å²) in [5.41, 5.74) is 8.22. The predicted octanol–water partition coefficient (Wildman–Crippen LogP) is 2.02. The minimum absolute atomic E-state index is 0.0819. The number of carbonyl (C=O) groups excluding carboxylic acids is 1. The van der Waals surface area contributed by atoms with Crippen molar-refractivity contribution in [2.45, 2.75) is 38.1 Å². The van der Waals surface area contributed by atoms with Crippen LogP contribution in [0.2, 0.25) is 0 Å². The molecule has 24 heavy (non-hydrogen) atoms. The predicted molar refractivity (Wildman–Crippen MR) is 96.0 cm³/mol. The number of anilines is 1. The topological polar surface area (TPSA) is 67.6 Å². The Kier molecular flexibility index (Phi) is 6.24. The second-order valence-corrected chi connectivity index (χ2v) is 7.01. The fourth-order valence-corrected chi connectivity index (χ4v) is 3.64. The Hall–Kier alpha value is -1.43. The fourth-order valence-electron chi connectivity index (χ4n) is 3.64. The quantitative estimate of drug-likeness (QED) is 0.837. The number of hydrogen-bond acceptors (Lipinski definition) is 4. The molecule has 1 aliphatic carbocycles. The van der Waals surface area contributed by atoms with Crippen molar-refractivity contribution in [1.82, 2.24) is 4.90 Å². The summed E-state index contributed by atoms with van der Waals surface area (Å²) in [6, 6.07) is 8.41. The van der Waals surface area contributed by atoms with Crippen LogP contribution in [0.4, 0.5) is 5.69 Å². The second kappa shape index (κ2) is 8.60. The minimum atomic E-state index is 0.0819. The number of rotatable bonds is 6. The highest BCUT2D eigenvalue weighted by Crippen LogP contribution is 2.27. The van der Waals surface area contributed by atoms with Crippen LogP contribution in [0.5, 0.6) is 0 Å². The number of amides is 1. The molecule has 1 aromatic rings. The molecule has 2 aliphatic rings. The van der Waals surface area contributed by atoms with Crippen LogP contribution in [-0.2, 0) is 16.0 Å². The summed E-state index contributed by atoms with van der Waals surface area (Å²) >= 11 is 0. The first-order valence-electron chi connectivity index (χ1n) is 9.15. The van der Waals surface area contributed by atoms with Gasteiger partial charge in [-0.15, -0.1) is 0 Å². The number of nitrogens with one attached hydrogen (secondary N) is 1. The first-order chi connectivity index (χ1) is 11.7. The van der Waals surface area contributed by atoms with Crippen molar-refractivity contribution < 1.29 is 9.53 Å². The normalized spacial score (nSPS) is 24.9. The first kappa shape index (κ1) is 17.4. The van der Waals surface area contributed by atoms with Gasteiger partial charge in [0.15, 0.2) is 0 Å². The smallest absolute Gasteiger partial charge is 0.224 e. The molecule has 0 bridgehead atoms. The average molecular weight is 331 g/mol. The number of morpholine rings is 1. The molecular formula is C19H29N3O2. The van der Waals surface area contributed by atoms with E-state index in [0.717, 1.165) is 64.2 Å². The lowest BCUT2D eigenvalue weighted by molar-refractivity contribution is -0.117. The van der Waals surface area contributed by atoms with E-state index in [0.29, 0.717) is 12.3 Å². The van der Waals surface area contributed by atoms with Crippen molar-refractivity contribution in [2.24, 2.45) is 11.7 Å². The number of benzene rings is 1. The van der Waals surface area contributed by atoms with Gasteiger partial charge in [0.25, 0.3) is 0 Å².